The number of fused-ring (bicyclic) bond motifs is 5. The van der Waals surface area contributed by atoms with Crippen LogP contribution in [0.2, 0.25) is 0 Å². The normalized spacial score (nSPS) is 27.6. The molecule has 0 N–H and O–H groups in total. The molecule has 0 amide bonds. The fourth-order valence-corrected chi connectivity index (χ4v) is 5.83. The Balaban J connectivity index is 1.97. The van der Waals surface area contributed by atoms with Gasteiger partial charge >= 0.3 is 0 Å². The molecule has 0 bridgehead atoms. The molecule has 3 atom stereocenters. The first-order chi connectivity index (χ1) is 12.5. The third-order valence-electron chi connectivity index (χ3n) is 7.42. The van der Waals surface area contributed by atoms with Crippen LogP contribution in [0.5, 0.6) is 0 Å². The molecule has 26 heavy (non-hydrogen) atoms. The third-order valence-corrected chi connectivity index (χ3v) is 7.42. The predicted molar refractivity (Wildman–Crippen MR) is 115 cm³/mol. The van der Waals surface area contributed by atoms with Crippen molar-refractivity contribution >= 4 is 16.8 Å². The molecule has 0 spiro atoms. The van der Waals surface area contributed by atoms with Crippen LogP contribution in [0, 0.1) is 11.3 Å². The second-order valence-electron chi connectivity index (χ2n) is 9.31. The minimum atomic E-state index is 0.533. The van der Waals surface area contributed by atoms with Gasteiger partial charge in [0.1, 0.15) is 0 Å². The van der Waals surface area contributed by atoms with Gasteiger partial charge in [0, 0.05) is 0 Å². The van der Waals surface area contributed by atoms with Crippen molar-refractivity contribution in [1.82, 2.24) is 0 Å². The number of aryl methyl sites for hydroxylation is 1. The number of benzene rings is 2. The number of allylic oxidation sites excluding steroid dienone is 1. The zero-order chi connectivity index (χ0) is 18.5. The van der Waals surface area contributed by atoms with Crippen LogP contribution in [0.4, 0.5) is 0 Å². The van der Waals surface area contributed by atoms with Crippen molar-refractivity contribution < 1.29 is 0 Å². The molecule has 138 valence electrons. The van der Waals surface area contributed by atoms with Crippen LogP contribution in [-0.4, -0.2) is 0 Å². The van der Waals surface area contributed by atoms with E-state index in [2.05, 4.69) is 71.0 Å². The van der Waals surface area contributed by atoms with E-state index in [4.69, 9.17) is 0 Å². The summed E-state index contributed by atoms with van der Waals surface area (Å²) in [6.07, 6.45) is 11.6. The van der Waals surface area contributed by atoms with E-state index in [-0.39, 0.29) is 0 Å². The van der Waals surface area contributed by atoms with Crippen LogP contribution in [0.1, 0.15) is 94.4 Å². The van der Waals surface area contributed by atoms with Gasteiger partial charge in [-0.1, -0.05) is 77.5 Å². The molecule has 1 saturated carbocycles. The summed E-state index contributed by atoms with van der Waals surface area (Å²) >= 11 is 0. The summed E-state index contributed by atoms with van der Waals surface area (Å²) in [7, 11) is 0. The summed E-state index contributed by atoms with van der Waals surface area (Å²) in [5.41, 5.74) is 7.04. The van der Waals surface area contributed by atoms with Crippen molar-refractivity contribution in [2.45, 2.75) is 78.6 Å². The quantitative estimate of drug-likeness (QED) is 0.530. The van der Waals surface area contributed by atoms with Crippen LogP contribution >= 0.6 is 0 Å². The van der Waals surface area contributed by atoms with Crippen molar-refractivity contribution in [3.05, 3.63) is 52.6 Å². The summed E-state index contributed by atoms with van der Waals surface area (Å²) in [5.74, 6) is 2.04. The third kappa shape index (κ3) is 2.65. The van der Waals surface area contributed by atoms with E-state index in [0.29, 0.717) is 11.3 Å². The molecule has 2 aromatic carbocycles. The standard InChI is InChI=1S/C26H34/c1-6-19-21-10-8-9-11-22(21)23-13-12-18-16-26(5,7-2)15-14-20(18)25(23)24(19)17(3)4/h8-13,17-18,20H,6-7,14-16H2,1-5H3. The zero-order valence-electron chi connectivity index (χ0n) is 17.2. The molecular weight excluding hydrogens is 312 g/mol. The number of rotatable bonds is 3. The summed E-state index contributed by atoms with van der Waals surface area (Å²) in [6.45, 7) is 12.0. The second-order valence-corrected chi connectivity index (χ2v) is 9.31. The van der Waals surface area contributed by atoms with E-state index in [1.165, 1.54) is 42.0 Å². The maximum absolute atomic E-state index is 2.56. The molecule has 1 fully saturated rings. The van der Waals surface area contributed by atoms with Crippen molar-refractivity contribution in [3.63, 3.8) is 0 Å². The fraction of sp³-hybridized carbons (Fsp3) is 0.538. The van der Waals surface area contributed by atoms with Crippen molar-refractivity contribution in [1.29, 1.82) is 0 Å². The molecule has 2 aliphatic rings. The molecule has 0 heteroatoms. The van der Waals surface area contributed by atoms with Gasteiger partial charge in [0.15, 0.2) is 0 Å². The molecule has 0 aromatic heterocycles. The van der Waals surface area contributed by atoms with Crippen LogP contribution < -0.4 is 0 Å². The predicted octanol–water partition coefficient (Wildman–Crippen LogP) is 7.85. The Morgan fingerprint density at radius 1 is 1.12 bits per heavy atom. The Hall–Kier alpha value is -1.56. The highest BCUT2D eigenvalue weighted by Crippen LogP contribution is 2.54. The Kier molecular flexibility index (Phi) is 4.49. The lowest BCUT2D eigenvalue weighted by atomic mass is 9.60. The first-order valence-electron chi connectivity index (χ1n) is 10.7. The van der Waals surface area contributed by atoms with Crippen molar-refractivity contribution in [2.24, 2.45) is 11.3 Å². The number of hydrogen-bond acceptors (Lipinski definition) is 0. The van der Waals surface area contributed by atoms with Crippen molar-refractivity contribution in [2.75, 3.05) is 0 Å². The summed E-state index contributed by atoms with van der Waals surface area (Å²) < 4.78 is 0. The number of hydrogen-bond donors (Lipinski definition) is 0. The molecular formula is C26H34. The fourth-order valence-electron chi connectivity index (χ4n) is 5.83. The molecule has 2 aromatic rings. The molecule has 0 saturated heterocycles. The summed E-state index contributed by atoms with van der Waals surface area (Å²) in [4.78, 5) is 0. The maximum Gasteiger partial charge on any atom is -0.00894 e. The Morgan fingerprint density at radius 2 is 1.85 bits per heavy atom. The van der Waals surface area contributed by atoms with E-state index >= 15 is 0 Å². The van der Waals surface area contributed by atoms with E-state index < -0.39 is 0 Å². The van der Waals surface area contributed by atoms with Gasteiger partial charge in [0.2, 0.25) is 0 Å². The summed E-state index contributed by atoms with van der Waals surface area (Å²) in [6, 6.07) is 9.11. The minimum Gasteiger partial charge on any atom is -0.0802 e. The molecule has 0 heterocycles. The van der Waals surface area contributed by atoms with Crippen LogP contribution in [0.3, 0.4) is 0 Å². The lowest BCUT2D eigenvalue weighted by molar-refractivity contribution is 0.154. The minimum absolute atomic E-state index is 0.533. The van der Waals surface area contributed by atoms with Gasteiger partial charge in [-0.2, -0.15) is 0 Å². The average molecular weight is 347 g/mol. The molecule has 3 unspecified atom stereocenters. The smallest absolute Gasteiger partial charge is 0.00894 e. The zero-order valence-corrected chi connectivity index (χ0v) is 17.2. The highest BCUT2D eigenvalue weighted by atomic mass is 14.4. The van der Waals surface area contributed by atoms with Gasteiger partial charge in [-0.25, -0.2) is 0 Å². The Labute approximate surface area is 159 Å². The van der Waals surface area contributed by atoms with Gasteiger partial charge in [-0.05, 0) is 81.9 Å². The highest BCUT2D eigenvalue weighted by Gasteiger charge is 2.40. The van der Waals surface area contributed by atoms with Gasteiger partial charge in [-0.15, -0.1) is 0 Å². The molecule has 0 aliphatic heterocycles. The van der Waals surface area contributed by atoms with E-state index in [0.717, 1.165) is 18.3 Å². The van der Waals surface area contributed by atoms with Gasteiger partial charge < -0.3 is 0 Å². The molecule has 0 radical (unpaired) electrons. The maximum atomic E-state index is 2.56. The van der Waals surface area contributed by atoms with Crippen molar-refractivity contribution in [3.8, 4) is 0 Å². The molecule has 2 aliphatic carbocycles. The Morgan fingerprint density at radius 3 is 2.50 bits per heavy atom. The monoisotopic (exact) mass is 346 g/mol. The topological polar surface area (TPSA) is 0 Å². The lowest BCUT2D eigenvalue weighted by Gasteiger charge is -2.45. The van der Waals surface area contributed by atoms with Gasteiger partial charge in [0.05, 0.1) is 0 Å². The summed E-state index contributed by atoms with van der Waals surface area (Å²) in [5, 5.41) is 2.96. The van der Waals surface area contributed by atoms with Crippen LogP contribution in [0.15, 0.2) is 30.3 Å². The van der Waals surface area contributed by atoms with E-state index in [1.807, 2.05) is 0 Å². The average Bonchev–Trinajstić information content (AvgIpc) is 2.66. The van der Waals surface area contributed by atoms with Gasteiger partial charge in [0.25, 0.3) is 0 Å². The largest absolute Gasteiger partial charge is 0.0802 e. The molecule has 0 nitrogen and oxygen atoms in total. The van der Waals surface area contributed by atoms with Crippen LogP contribution in [-0.2, 0) is 6.42 Å². The van der Waals surface area contributed by atoms with Gasteiger partial charge in [-0.3, -0.25) is 0 Å². The highest BCUT2D eigenvalue weighted by molar-refractivity contribution is 5.96. The first-order valence-corrected chi connectivity index (χ1v) is 10.7. The first kappa shape index (κ1) is 17.8. The van der Waals surface area contributed by atoms with Crippen LogP contribution in [0.25, 0.3) is 16.8 Å². The molecule has 4 rings (SSSR count). The second kappa shape index (κ2) is 6.55. The SMILES string of the molecule is CCc1c(C(C)C)c2c(c3ccccc13)C=CC1CC(C)(CC)CCC21. The Bertz CT molecular complexity index is 854. The van der Waals surface area contributed by atoms with E-state index in [1.54, 1.807) is 16.7 Å². The lowest BCUT2D eigenvalue weighted by Crippen LogP contribution is -2.32. The van der Waals surface area contributed by atoms with E-state index in [9.17, 15) is 0 Å².